The molecule has 2 aromatic rings. The molecule has 0 aliphatic carbocycles. The van der Waals surface area contributed by atoms with Crippen molar-refractivity contribution in [2.24, 2.45) is 0 Å². The zero-order valence-electron chi connectivity index (χ0n) is 11.1. The third-order valence-electron chi connectivity index (χ3n) is 2.97. The van der Waals surface area contributed by atoms with E-state index in [0.29, 0.717) is 11.4 Å². The van der Waals surface area contributed by atoms with E-state index in [-0.39, 0.29) is 23.7 Å². The van der Waals surface area contributed by atoms with Gasteiger partial charge in [0.25, 0.3) is 5.91 Å². The second-order valence-electron chi connectivity index (χ2n) is 4.34. The Morgan fingerprint density at radius 2 is 1.95 bits per heavy atom. The molecule has 4 nitrogen and oxygen atoms in total. The lowest BCUT2D eigenvalue weighted by molar-refractivity contribution is 0.0977. The van der Waals surface area contributed by atoms with Crippen LogP contribution in [-0.4, -0.2) is 24.2 Å². The third-order valence-corrected chi connectivity index (χ3v) is 3.29. The van der Waals surface area contributed by atoms with Crippen molar-refractivity contribution >= 4 is 28.9 Å². The second-order valence-corrected chi connectivity index (χ2v) is 4.74. The van der Waals surface area contributed by atoms with Crippen LogP contribution in [0.5, 0.6) is 0 Å². The first-order chi connectivity index (χ1) is 10.1. The molecule has 0 spiro atoms. The average Bonchev–Trinajstić information content (AvgIpc) is 2.45. The number of aliphatic hydroxyl groups is 1. The Hall–Kier alpha value is -2.11. The highest BCUT2D eigenvalue weighted by atomic mass is 35.5. The van der Waals surface area contributed by atoms with Crippen molar-refractivity contribution in [3.8, 4) is 0 Å². The molecule has 0 aromatic heterocycles. The molecular formula is C15H14ClFN2O2. The summed E-state index contributed by atoms with van der Waals surface area (Å²) in [7, 11) is 0. The molecule has 0 aliphatic rings. The zero-order valence-corrected chi connectivity index (χ0v) is 11.8. The van der Waals surface area contributed by atoms with E-state index in [2.05, 4.69) is 0 Å². The van der Waals surface area contributed by atoms with Crippen LogP contribution in [0.2, 0.25) is 5.02 Å². The van der Waals surface area contributed by atoms with Crippen molar-refractivity contribution in [1.29, 1.82) is 0 Å². The lowest BCUT2D eigenvalue weighted by atomic mass is 10.1. The van der Waals surface area contributed by atoms with E-state index in [1.807, 2.05) is 0 Å². The van der Waals surface area contributed by atoms with E-state index >= 15 is 0 Å². The van der Waals surface area contributed by atoms with E-state index in [1.165, 1.54) is 17.0 Å². The van der Waals surface area contributed by atoms with Crippen LogP contribution >= 0.6 is 11.6 Å². The van der Waals surface area contributed by atoms with Crippen molar-refractivity contribution in [2.75, 3.05) is 23.8 Å². The molecule has 1 amide bonds. The fourth-order valence-electron chi connectivity index (χ4n) is 2.00. The van der Waals surface area contributed by atoms with Gasteiger partial charge in [0, 0.05) is 6.54 Å². The van der Waals surface area contributed by atoms with Gasteiger partial charge in [0.15, 0.2) is 0 Å². The third kappa shape index (κ3) is 3.15. The Bertz CT molecular complexity index is 644. The molecule has 0 aliphatic heterocycles. The molecular weight excluding hydrogens is 295 g/mol. The highest BCUT2D eigenvalue weighted by Crippen LogP contribution is 2.27. The molecule has 110 valence electrons. The Kier molecular flexibility index (Phi) is 4.77. The standard InChI is InChI=1S/C15H14ClFN2O2/c16-10-4-3-5-11(17)14(10)15(21)19(8-9-20)13-7-2-1-6-12(13)18/h1-7,20H,8-9,18H2. The number of para-hydroxylation sites is 2. The highest BCUT2D eigenvalue weighted by Gasteiger charge is 2.24. The van der Waals surface area contributed by atoms with E-state index < -0.39 is 11.7 Å². The number of anilines is 2. The normalized spacial score (nSPS) is 10.4. The minimum absolute atomic E-state index is 0.0115. The summed E-state index contributed by atoms with van der Waals surface area (Å²) >= 11 is 5.91. The molecule has 2 rings (SSSR count). The largest absolute Gasteiger partial charge is 0.397 e. The summed E-state index contributed by atoms with van der Waals surface area (Å²) in [4.78, 5) is 13.8. The molecule has 0 unspecified atom stereocenters. The minimum Gasteiger partial charge on any atom is -0.397 e. The van der Waals surface area contributed by atoms with Crippen LogP contribution < -0.4 is 10.6 Å². The molecule has 0 atom stereocenters. The molecule has 6 heteroatoms. The van der Waals surface area contributed by atoms with Gasteiger partial charge in [0.1, 0.15) is 5.82 Å². The van der Waals surface area contributed by atoms with Gasteiger partial charge in [-0.3, -0.25) is 4.79 Å². The predicted molar refractivity (Wildman–Crippen MR) is 81.0 cm³/mol. The summed E-state index contributed by atoms with van der Waals surface area (Å²) in [5.74, 6) is -1.37. The number of nitrogens with zero attached hydrogens (tertiary/aromatic N) is 1. The minimum atomic E-state index is -0.718. The Morgan fingerprint density at radius 3 is 2.57 bits per heavy atom. The summed E-state index contributed by atoms with van der Waals surface area (Å²) in [6, 6.07) is 10.7. The Balaban J connectivity index is 2.48. The van der Waals surface area contributed by atoms with E-state index in [4.69, 9.17) is 22.4 Å². The Labute approximate surface area is 126 Å². The molecule has 3 N–H and O–H groups in total. The topological polar surface area (TPSA) is 66.6 Å². The van der Waals surface area contributed by atoms with E-state index in [9.17, 15) is 9.18 Å². The van der Waals surface area contributed by atoms with Gasteiger partial charge in [-0.15, -0.1) is 0 Å². The molecule has 21 heavy (non-hydrogen) atoms. The second kappa shape index (κ2) is 6.56. The molecule has 0 saturated heterocycles. The van der Waals surface area contributed by atoms with E-state index in [1.54, 1.807) is 24.3 Å². The lowest BCUT2D eigenvalue weighted by Gasteiger charge is -2.24. The molecule has 0 fully saturated rings. The highest BCUT2D eigenvalue weighted by molar-refractivity contribution is 6.34. The fraction of sp³-hybridized carbons (Fsp3) is 0.133. The number of amides is 1. The number of aliphatic hydroxyl groups excluding tert-OH is 1. The van der Waals surface area contributed by atoms with Crippen molar-refractivity contribution in [3.05, 3.63) is 58.9 Å². The zero-order chi connectivity index (χ0) is 15.4. The quantitative estimate of drug-likeness (QED) is 0.853. The van der Waals surface area contributed by atoms with Gasteiger partial charge in [-0.05, 0) is 24.3 Å². The summed E-state index contributed by atoms with van der Waals surface area (Å²) < 4.78 is 13.9. The van der Waals surface area contributed by atoms with Crippen LogP contribution in [0.3, 0.4) is 0 Å². The summed E-state index contributed by atoms with van der Waals surface area (Å²) in [6.45, 7) is -0.302. The molecule has 2 aromatic carbocycles. The van der Waals surface area contributed by atoms with Gasteiger partial charge in [-0.2, -0.15) is 0 Å². The van der Waals surface area contributed by atoms with Gasteiger partial charge in [-0.25, -0.2) is 4.39 Å². The van der Waals surface area contributed by atoms with E-state index in [0.717, 1.165) is 6.07 Å². The number of benzene rings is 2. The predicted octanol–water partition coefficient (Wildman–Crippen LogP) is 2.70. The number of nitrogens with two attached hydrogens (primary N) is 1. The number of carbonyl (C=O) groups excluding carboxylic acids is 1. The van der Waals surface area contributed by atoms with Crippen molar-refractivity contribution in [2.45, 2.75) is 0 Å². The molecule has 0 saturated carbocycles. The van der Waals surface area contributed by atoms with Gasteiger partial charge in [-0.1, -0.05) is 29.8 Å². The van der Waals surface area contributed by atoms with Crippen molar-refractivity contribution in [3.63, 3.8) is 0 Å². The van der Waals surface area contributed by atoms with Gasteiger partial charge in [0.2, 0.25) is 0 Å². The van der Waals surface area contributed by atoms with Gasteiger partial charge < -0.3 is 15.7 Å². The number of hydrogen-bond acceptors (Lipinski definition) is 3. The summed E-state index contributed by atoms with van der Waals surface area (Å²) in [6.07, 6.45) is 0. The fourth-order valence-corrected chi connectivity index (χ4v) is 2.25. The number of hydrogen-bond donors (Lipinski definition) is 2. The molecule has 0 heterocycles. The van der Waals surface area contributed by atoms with Gasteiger partial charge >= 0.3 is 0 Å². The van der Waals surface area contributed by atoms with Crippen LogP contribution in [-0.2, 0) is 0 Å². The van der Waals surface area contributed by atoms with Crippen LogP contribution in [0.25, 0.3) is 0 Å². The summed E-state index contributed by atoms with van der Waals surface area (Å²) in [5, 5.41) is 9.17. The maximum absolute atomic E-state index is 13.9. The average molecular weight is 309 g/mol. The number of rotatable bonds is 4. The number of nitrogen functional groups attached to an aromatic ring is 1. The summed E-state index contributed by atoms with van der Waals surface area (Å²) in [5.41, 5.74) is 6.35. The first-order valence-electron chi connectivity index (χ1n) is 6.27. The van der Waals surface area contributed by atoms with Crippen LogP contribution in [0, 0.1) is 5.82 Å². The first kappa shape index (κ1) is 15.3. The van der Waals surface area contributed by atoms with Crippen LogP contribution in [0.4, 0.5) is 15.8 Å². The van der Waals surface area contributed by atoms with Crippen molar-refractivity contribution < 1.29 is 14.3 Å². The number of halogens is 2. The van der Waals surface area contributed by atoms with Crippen LogP contribution in [0.15, 0.2) is 42.5 Å². The maximum atomic E-state index is 13.9. The number of carbonyl (C=O) groups is 1. The van der Waals surface area contributed by atoms with Gasteiger partial charge in [0.05, 0.1) is 28.6 Å². The maximum Gasteiger partial charge on any atom is 0.262 e. The first-order valence-corrected chi connectivity index (χ1v) is 6.65. The monoisotopic (exact) mass is 308 g/mol. The Morgan fingerprint density at radius 1 is 1.24 bits per heavy atom. The molecule has 0 bridgehead atoms. The SMILES string of the molecule is Nc1ccccc1N(CCO)C(=O)c1c(F)cccc1Cl. The molecule has 0 radical (unpaired) electrons. The lowest BCUT2D eigenvalue weighted by Crippen LogP contribution is -2.34. The van der Waals surface area contributed by atoms with Crippen molar-refractivity contribution in [1.82, 2.24) is 0 Å². The van der Waals surface area contributed by atoms with Crippen LogP contribution in [0.1, 0.15) is 10.4 Å². The smallest absolute Gasteiger partial charge is 0.262 e.